The third kappa shape index (κ3) is 7.53. The number of benzene rings is 1. The molecule has 1 aromatic heterocycles. The minimum absolute atomic E-state index is 0. The van der Waals surface area contributed by atoms with Crippen molar-refractivity contribution in [3.8, 4) is 11.6 Å². The molecule has 0 saturated carbocycles. The Morgan fingerprint density at radius 1 is 1.18 bits per heavy atom. The number of hydrogen-bond donors (Lipinski definition) is 2. The van der Waals surface area contributed by atoms with Crippen LogP contribution in [-0.2, 0) is 13.0 Å². The molecule has 0 atom stereocenters. The summed E-state index contributed by atoms with van der Waals surface area (Å²) in [5, 5.41) is 6.66. The van der Waals surface area contributed by atoms with Gasteiger partial charge in [-0.3, -0.25) is 0 Å². The first-order valence-electron chi connectivity index (χ1n) is 9.40. The summed E-state index contributed by atoms with van der Waals surface area (Å²) >= 11 is 0. The first-order chi connectivity index (χ1) is 13.2. The second-order valence-corrected chi connectivity index (χ2v) is 6.08. The lowest BCUT2D eigenvalue weighted by atomic mass is 10.1. The highest BCUT2D eigenvalue weighted by Gasteiger charge is 2.05. The Kier molecular flexibility index (Phi) is 11.3. The Balaban J connectivity index is 0.00000392. The van der Waals surface area contributed by atoms with Crippen molar-refractivity contribution in [2.24, 2.45) is 4.99 Å². The van der Waals surface area contributed by atoms with E-state index in [0.717, 1.165) is 42.3 Å². The fourth-order valence-corrected chi connectivity index (χ4v) is 2.66. The van der Waals surface area contributed by atoms with E-state index in [-0.39, 0.29) is 24.0 Å². The van der Waals surface area contributed by atoms with Crippen LogP contribution in [0.15, 0.2) is 41.5 Å². The molecule has 1 aromatic carbocycles. The monoisotopic (exact) mass is 498 g/mol. The molecule has 6 nitrogen and oxygen atoms in total. The smallest absolute Gasteiger partial charge is 0.218 e. The molecule has 7 heteroatoms. The van der Waals surface area contributed by atoms with E-state index in [1.54, 1.807) is 13.3 Å². The van der Waals surface area contributed by atoms with Gasteiger partial charge in [0.1, 0.15) is 5.75 Å². The molecule has 2 N–H and O–H groups in total. The van der Waals surface area contributed by atoms with E-state index in [1.165, 1.54) is 5.56 Å². The maximum Gasteiger partial charge on any atom is 0.218 e. The topological polar surface area (TPSA) is 67.8 Å². The van der Waals surface area contributed by atoms with Gasteiger partial charge in [0, 0.05) is 24.8 Å². The summed E-state index contributed by atoms with van der Waals surface area (Å²) in [6.45, 7) is 8.73. The Morgan fingerprint density at radius 3 is 2.71 bits per heavy atom. The molecule has 0 aliphatic heterocycles. The molecule has 154 valence electrons. The zero-order valence-corrected chi connectivity index (χ0v) is 19.4. The van der Waals surface area contributed by atoms with Crippen LogP contribution in [0.3, 0.4) is 0 Å². The molecule has 0 aliphatic rings. The number of rotatable bonds is 9. The summed E-state index contributed by atoms with van der Waals surface area (Å²) in [6.07, 6.45) is 2.62. The van der Waals surface area contributed by atoms with E-state index in [4.69, 9.17) is 9.47 Å². The molecule has 0 radical (unpaired) electrons. The van der Waals surface area contributed by atoms with Crippen molar-refractivity contribution in [3.05, 3.63) is 53.2 Å². The molecule has 2 aromatic rings. The lowest BCUT2D eigenvalue weighted by Crippen LogP contribution is -2.38. The van der Waals surface area contributed by atoms with Gasteiger partial charge >= 0.3 is 0 Å². The van der Waals surface area contributed by atoms with E-state index >= 15 is 0 Å². The molecule has 0 saturated heterocycles. The molecule has 0 unspecified atom stereocenters. The van der Waals surface area contributed by atoms with Gasteiger partial charge in [-0.05, 0) is 50.5 Å². The minimum Gasteiger partial charge on any atom is -0.496 e. The average Bonchev–Trinajstić information content (AvgIpc) is 2.68. The highest BCUT2D eigenvalue weighted by Crippen LogP contribution is 2.19. The zero-order valence-electron chi connectivity index (χ0n) is 17.1. The first kappa shape index (κ1) is 24.0. The van der Waals surface area contributed by atoms with E-state index in [1.807, 2.05) is 26.0 Å². The number of methoxy groups -OCH3 is 1. The summed E-state index contributed by atoms with van der Waals surface area (Å²) in [5.41, 5.74) is 3.34. The molecule has 28 heavy (non-hydrogen) atoms. The van der Waals surface area contributed by atoms with Crippen molar-refractivity contribution in [3.63, 3.8) is 0 Å². The van der Waals surface area contributed by atoms with Crippen LogP contribution in [0.1, 0.15) is 30.5 Å². The van der Waals surface area contributed by atoms with Gasteiger partial charge in [-0.25, -0.2) is 9.98 Å². The van der Waals surface area contributed by atoms with E-state index in [9.17, 15) is 0 Å². The molecule has 0 amide bonds. The summed E-state index contributed by atoms with van der Waals surface area (Å²) in [4.78, 5) is 8.93. The third-order valence-corrected chi connectivity index (χ3v) is 4.06. The number of hydrogen-bond acceptors (Lipinski definition) is 4. The number of aliphatic imine (C=N–C) groups is 1. The Bertz CT molecular complexity index is 753. The average molecular weight is 498 g/mol. The van der Waals surface area contributed by atoms with Crippen LogP contribution in [0.2, 0.25) is 0 Å². The highest BCUT2D eigenvalue weighted by molar-refractivity contribution is 14.0. The molecular weight excluding hydrogens is 467 g/mol. The summed E-state index contributed by atoms with van der Waals surface area (Å²) < 4.78 is 11.0. The largest absolute Gasteiger partial charge is 0.496 e. The zero-order chi connectivity index (χ0) is 19.5. The highest BCUT2D eigenvalue weighted by atomic mass is 127. The third-order valence-electron chi connectivity index (χ3n) is 4.06. The van der Waals surface area contributed by atoms with Crippen LogP contribution < -0.4 is 20.1 Å². The van der Waals surface area contributed by atoms with Gasteiger partial charge in [0.05, 0.1) is 20.3 Å². The Hall–Kier alpha value is -2.03. The molecule has 0 aliphatic carbocycles. The van der Waals surface area contributed by atoms with Gasteiger partial charge in [-0.1, -0.05) is 18.2 Å². The predicted molar refractivity (Wildman–Crippen MR) is 125 cm³/mol. The van der Waals surface area contributed by atoms with Crippen LogP contribution in [0, 0.1) is 6.92 Å². The molecule has 0 spiro atoms. The van der Waals surface area contributed by atoms with Gasteiger partial charge in [0.2, 0.25) is 5.88 Å². The van der Waals surface area contributed by atoms with Crippen LogP contribution in [0.4, 0.5) is 0 Å². The van der Waals surface area contributed by atoms with Crippen LogP contribution in [-0.4, -0.2) is 37.7 Å². The van der Waals surface area contributed by atoms with Gasteiger partial charge in [0.15, 0.2) is 5.96 Å². The van der Waals surface area contributed by atoms with Crippen molar-refractivity contribution in [1.29, 1.82) is 0 Å². The maximum atomic E-state index is 5.57. The standard InChI is InChI=1S/C21H30N4O2.HI/c1-5-22-21(25-15-18-8-7-12-23-20(18)27-6-2)24-13-11-17-10-9-16(3)19(14-17)26-4;/h7-10,12,14H,5-6,11,13,15H2,1-4H3,(H2,22,24,25);1H. The quantitative estimate of drug-likeness (QED) is 0.314. The van der Waals surface area contributed by atoms with Crippen molar-refractivity contribution in [2.45, 2.75) is 33.7 Å². The van der Waals surface area contributed by atoms with Crippen LogP contribution in [0.25, 0.3) is 0 Å². The number of aromatic nitrogens is 1. The number of nitrogens with zero attached hydrogens (tertiary/aromatic N) is 2. The van der Waals surface area contributed by atoms with E-state index in [0.29, 0.717) is 19.0 Å². The minimum atomic E-state index is 0. The lowest BCUT2D eigenvalue weighted by molar-refractivity contribution is 0.323. The second kappa shape index (κ2) is 13.2. The van der Waals surface area contributed by atoms with Crippen molar-refractivity contribution < 1.29 is 9.47 Å². The summed E-state index contributed by atoms with van der Waals surface area (Å²) in [7, 11) is 1.70. The van der Waals surface area contributed by atoms with Crippen LogP contribution >= 0.6 is 24.0 Å². The van der Waals surface area contributed by atoms with Crippen molar-refractivity contribution in [1.82, 2.24) is 15.6 Å². The molecule has 2 rings (SSSR count). The summed E-state index contributed by atoms with van der Waals surface area (Å²) in [6, 6.07) is 10.2. The fraction of sp³-hybridized carbons (Fsp3) is 0.429. The predicted octanol–water partition coefficient (Wildman–Crippen LogP) is 3.71. The van der Waals surface area contributed by atoms with E-state index < -0.39 is 0 Å². The molecule has 0 fully saturated rings. The first-order valence-corrected chi connectivity index (χ1v) is 9.40. The van der Waals surface area contributed by atoms with E-state index in [2.05, 4.69) is 45.7 Å². The SMILES string of the molecule is CCNC(=NCc1cccnc1OCC)NCCc1ccc(C)c(OC)c1.I. The number of nitrogens with one attached hydrogen (secondary N) is 2. The molecule has 1 heterocycles. The number of pyridine rings is 1. The number of aryl methyl sites for hydroxylation is 1. The maximum absolute atomic E-state index is 5.57. The number of halogens is 1. The summed E-state index contributed by atoms with van der Waals surface area (Å²) in [5.74, 6) is 2.35. The molecule has 0 bridgehead atoms. The second-order valence-electron chi connectivity index (χ2n) is 6.08. The lowest BCUT2D eigenvalue weighted by Gasteiger charge is -2.13. The number of guanidine groups is 1. The van der Waals surface area contributed by atoms with Crippen molar-refractivity contribution in [2.75, 3.05) is 26.8 Å². The Morgan fingerprint density at radius 2 is 2.00 bits per heavy atom. The fourth-order valence-electron chi connectivity index (χ4n) is 2.66. The molecular formula is C21H31IN4O2. The van der Waals surface area contributed by atoms with Gasteiger partial charge < -0.3 is 20.1 Å². The normalized spacial score (nSPS) is 10.8. The van der Waals surface area contributed by atoms with Gasteiger partial charge in [-0.15, -0.1) is 24.0 Å². The Labute approximate surface area is 185 Å². The number of ether oxygens (including phenoxy) is 2. The van der Waals surface area contributed by atoms with Crippen molar-refractivity contribution >= 4 is 29.9 Å². The van der Waals surface area contributed by atoms with Gasteiger partial charge in [-0.2, -0.15) is 0 Å². The van der Waals surface area contributed by atoms with Gasteiger partial charge in [0.25, 0.3) is 0 Å². The van der Waals surface area contributed by atoms with Crippen LogP contribution in [0.5, 0.6) is 11.6 Å².